The van der Waals surface area contributed by atoms with Crippen LogP contribution in [-0.2, 0) is 4.74 Å². The highest BCUT2D eigenvalue weighted by Crippen LogP contribution is 2.33. The van der Waals surface area contributed by atoms with Gasteiger partial charge in [-0.05, 0) is 25.8 Å². The summed E-state index contributed by atoms with van der Waals surface area (Å²) in [7, 11) is 3.75. The van der Waals surface area contributed by atoms with Crippen LogP contribution in [0.4, 0.5) is 4.79 Å². The molecule has 7 heteroatoms. The van der Waals surface area contributed by atoms with Crippen molar-refractivity contribution < 1.29 is 9.53 Å². The van der Waals surface area contributed by atoms with E-state index in [1.165, 1.54) is 12.8 Å². The van der Waals surface area contributed by atoms with Gasteiger partial charge in [0.2, 0.25) is 0 Å². The fourth-order valence-electron chi connectivity index (χ4n) is 3.04. The molecule has 1 saturated carbocycles. The van der Waals surface area contributed by atoms with Crippen molar-refractivity contribution in [3.63, 3.8) is 0 Å². The van der Waals surface area contributed by atoms with Crippen molar-refractivity contribution in [1.82, 2.24) is 25.1 Å². The number of carbonyl (C=O) groups excluding carboxylic acids is 1. The minimum Gasteiger partial charge on any atom is -0.383 e. The molecule has 2 N–H and O–H groups in total. The number of likely N-dealkylation sites (N-methyl/N-ethyl adjacent to an activating group) is 1. The topological polar surface area (TPSA) is 73.5 Å². The number of aromatic nitrogens is 2. The van der Waals surface area contributed by atoms with Crippen LogP contribution in [0, 0.1) is 5.92 Å². The van der Waals surface area contributed by atoms with E-state index in [4.69, 9.17) is 4.74 Å². The third kappa shape index (κ3) is 3.41. The summed E-state index contributed by atoms with van der Waals surface area (Å²) >= 11 is 0. The zero-order valence-corrected chi connectivity index (χ0v) is 13.3. The summed E-state index contributed by atoms with van der Waals surface area (Å²) in [6, 6.07) is 0.272. The van der Waals surface area contributed by atoms with Gasteiger partial charge in [0.15, 0.2) is 0 Å². The predicted molar refractivity (Wildman–Crippen MR) is 82.5 cm³/mol. The summed E-state index contributed by atoms with van der Waals surface area (Å²) in [5.74, 6) is 1.49. The number of imidazole rings is 1. The van der Waals surface area contributed by atoms with Crippen LogP contribution in [0.15, 0.2) is 12.4 Å². The molecule has 0 radical (unpaired) electrons. The molecule has 2 fully saturated rings. The third-order valence-corrected chi connectivity index (χ3v) is 4.62. The van der Waals surface area contributed by atoms with E-state index in [1.54, 1.807) is 13.3 Å². The van der Waals surface area contributed by atoms with Crippen molar-refractivity contribution in [2.45, 2.75) is 24.9 Å². The number of hydrogen-bond acceptors (Lipinski definition) is 4. The van der Waals surface area contributed by atoms with Gasteiger partial charge in [0.1, 0.15) is 5.82 Å². The van der Waals surface area contributed by atoms with Gasteiger partial charge in [0.05, 0.1) is 18.7 Å². The van der Waals surface area contributed by atoms with E-state index in [-0.39, 0.29) is 18.1 Å². The molecule has 22 heavy (non-hydrogen) atoms. The van der Waals surface area contributed by atoms with Crippen LogP contribution in [0.1, 0.15) is 24.7 Å². The largest absolute Gasteiger partial charge is 0.383 e. The number of hydrogen-bond donors (Lipinski definition) is 2. The Kier molecular flexibility index (Phi) is 4.63. The summed E-state index contributed by atoms with van der Waals surface area (Å²) in [6.07, 6.45) is 5.95. The van der Waals surface area contributed by atoms with Gasteiger partial charge in [-0.15, -0.1) is 0 Å². The molecule has 2 amide bonds. The van der Waals surface area contributed by atoms with Crippen LogP contribution in [0.25, 0.3) is 0 Å². The standard InChI is InChI=1S/C15H25N5O2/c1-19-7-8-20(9-13(19)14-16-5-6-17-14)15(21)18-12(10-22-2)11-3-4-11/h5-6,11-13H,3-4,7-10H2,1-2H3,(H,16,17)(H,18,21)/t12-,13+/m1/s1. The molecule has 1 saturated heterocycles. The number of rotatable bonds is 5. The molecule has 2 heterocycles. The second-order valence-corrected chi connectivity index (χ2v) is 6.27. The number of ether oxygens (including phenoxy) is 1. The van der Waals surface area contributed by atoms with Crippen molar-refractivity contribution >= 4 is 6.03 Å². The first-order valence-corrected chi connectivity index (χ1v) is 7.93. The van der Waals surface area contributed by atoms with Crippen molar-refractivity contribution in [3.8, 4) is 0 Å². The van der Waals surface area contributed by atoms with Crippen molar-refractivity contribution in [2.24, 2.45) is 5.92 Å². The molecule has 122 valence electrons. The SMILES string of the molecule is COC[C@@H](NC(=O)N1CCN(C)[C@H](c2ncc[nH]2)C1)C1CC1. The predicted octanol–water partition coefficient (Wildman–Crippen LogP) is 0.833. The van der Waals surface area contributed by atoms with Gasteiger partial charge >= 0.3 is 6.03 Å². The number of nitrogens with one attached hydrogen (secondary N) is 2. The maximum Gasteiger partial charge on any atom is 0.317 e. The summed E-state index contributed by atoms with van der Waals surface area (Å²) in [5.41, 5.74) is 0. The molecule has 0 spiro atoms. The summed E-state index contributed by atoms with van der Waals surface area (Å²) in [4.78, 5) is 24.2. The van der Waals surface area contributed by atoms with E-state index in [2.05, 4.69) is 27.2 Å². The summed E-state index contributed by atoms with van der Waals surface area (Å²) in [5, 5.41) is 3.14. The first-order valence-electron chi connectivity index (χ1n) is 7.93. The average molecular weight is 307 g/mol. The molecule has 1 aromatic heterocycles. The Bertz CT molecular complexity index is 488. The average Bonchev–Trinajstić information content (AvgIpc) is 3.22. The normalized spacial score (nSPS) is 24.3. The fourth-order valence-corrected chi connectivity index (χ4v) is 3.04. The van der Waals surface area contributed by atoms with Gasteiger partial charge in [-0.2, -0.15) is 0 Å². The van der Waals surface area contributed by atoms with Crippen molar-refractivity contribution in [1.29, 1.82) is 0 Å². The van der Waals surface area contributed by atoms with Gasteiger partial charge < -0.3 is 19.9 Å². The minimum absolute atomic E-state index is 0.0126. The van der Waals surface area contributed by atoms with E-state index in [0.717, 1.165) is 18.9 Å². The molecule has 1 aromatic rings. The smallest absolute Gasteiger partial charge is 0.317 e. The van der Waals surface area contributed by atoms with Crippen LogP contribution in [0.2, 0.25) is 0 Å². The number of aromatic amines is 1. The van der Waals surface area contributed by atoms with Crippen LogP contribution >= 0.6 is 0 Å². The Balaban J connectivity index is 1.60. The second kappa shape index (κ2) is 6.66. The summed E-state index contributed by atoms with van der Waals surface area (Å²) < 4.78 is 5.23. The van der Waals surface area contributed by atoms with E-state index in [1.807, 2.05) is 11.1 Å². The van der Waals surface area contributed by atoms with Crippen LogP contribution in [-0.4, -0.2) is 72.2 Å². The van der Waals surface area contributed by atoms with Gasteiger partial charge in [-0.25, -0.2) is 9.78 Å². The van der Waals surface area contributed by atoms with Crippen molar-refractivity contribution in [3.05, 3.63) is 18.2 Å². The number of H-pyrrole nitrogens is 1. The number of carbonyl (C=O) groups is 1. The fraction of sp³-hybridized carbons (Fsp3) is 0.733. The zero-order valence-electron chi connectivity index (χ0n) is 13.3. The molecule has 2 aliphatic rings. The number of amides is 2. The molecule has 0 unspecified atom stereocenters. The lowest BCUT2D eigenvalue weighted by molar-refractivity contribution is 0.0987. The molecule has 3 rings (SSSR count). The lowest BCUT2D eigenvalue weighted by atomic mass is 10.1. The Morgan fingerprint density at radius 3 is 3.00 bits per heavy atom. The Morgan fingerprint density at radius 1 is 1.55 bits per heavy atom. The number of urea groups is 1. The van der Waals surface area contributed by atoms with Crippen LogP contribution in [0.3, 0.4) is 0 Å². The van der Waals surface area contributed by atoms with Gasteiger partial charge in [-0.1, -0.05) is 0 Å². The van der Waals surface area contributed by atoms with Crippen LogP contribution in [0.5, 0.6) is 0 Å². The van der Waals surface area contributed by atoms with Crippen molar-refractivity contribution in [2.75, 3.05) is 40.4 Å². The van der Waals surface area contributed by atoms with Gasteiger partial charge in [0.25, 0.3) is 0 Å². The molecule has 1 aliphatic carbocycles. The maximum absolute atomic E-state index is 12.5. The molecule has 2 atom stereocenters. The number of piperazine rings is 1. The zero-order chi connectivity index (χ0) is 15.5. The van der Waals surface area contributed by atoms with Crippen LogP contribution < -0.4 is 5.32 Å². The molecule has 1 aliphatic heterocycles. The van der Waals surface area contributed by atoms with E-state index >= 15 is 0 Å². The highest BCUT2D eigenvalue weighted by molar-refractivity contribution is 5.74. The maximum atomic E-state index is 12.5. The third-order valence-electron chi connectivity index (χ3n) is 4.62. The number of methoxy groups -OCH3 is 1. The lowest BCUT2D eigenvalue weighted by Gasteiger charge is -2.39. The molecule has 0 aromatic carbocycles. The second-order valence-electron chi connectivity index (χ2n) is 6.27. The quantitative estimate of drug-likeness (QED) is 0.845. The van der Waals surface area contributed by atoms with Gasteiger partial charge in [0, 0.05) is 39.1 Å². The molecular weight excluding hydrogens is 282 g/mol. The Hall–Kier alpha value is -1.60. The minimum atomic E-state index is 0.0126. The monoisotopic (exact) mass is 307 g/mol. The highest BCUT2D eigenvalue weighted by atomic mass is 16.5. The van der Waals surface area contributed by atoms with E-state index < -0.39 is 0 Å². The number of nitrogens with zero attached hydrogens (tertiary/aromatic N) is 3. The first-order chi connectivity index (χ1) is 10.7. The van der Waals surface area contributed by atoms with Gasteiger partial charge in [-0.3, -0.25) is 4.90 Å². The Morgan fingerprint density at radius 2 is 2.36 bits per heavy atom. The van der Waals surface area contributed by atoms with E-state index in [0.29, 0.717) is 19.1 Å². The molecular formula is C15H25N5O2. The molecule has 7 nitrogen and oxygen atoms in total. The Labute approximate surface area is 131 Å². The highest BCUT2D eigenvalue weighted by Gasteiger charge is 2.35. The first kappa shape index (κ1) is 15.3. The molecule has 0 bridgehead atoms. The lowest BCUT2D eigenvalue weighted by Crippen LogP contribution is -2.54. The summed E-state index contributed by atoms with van der Waals surface area (Å²) in [6.45, 7) is 2.83. The van der Waals surface area contributed by atoms with E-state index in [9.17, 15) is 4.79 Å².